The van der Waals surface area contributed by atoms with E-state index in [0.717, 1.165) is 41.5 Å². The first-order valence-corrected chi connectivity index (χ1v) is 10.4. The second-order valence-electron chi connectivity index (χ2n) is 7.29. The lowest BCUT2D eigenvalue weighted by Crippen LogP contribution is -2.47. The number of likely N-dealkylation sites (N-methyl/N-ethyl adjacent to an activating group) is 1. The molecule has 0 spiro atoms. The fraction of sp³-hybridized carbons (Fsp3) is 0.429. The Kier molecular flexibility index (Phi) is 5.87. The SMILES string of the molecule is COCc1nc(N2CCOC(CN(C)C)C2)c2c(-c3ccccc3)csc2n1. The Bertz CT molecular complexity index is 929. The molecule has 7 heteroatoms. The Labute approximate surface area is 169 Å². The number of fused-ring (bicyclic) bond motifs is 1. The number of hydrogen-bond acceptors (Lipinski definition) is 7. The van der Waals surface area contributed by atoms with Crippen LogP contribution in [-0.2, 0) is 16.1 Å². The summed E-state index contributed by atoms with van der Waals surface area (Å²) >= 11 is 1.67. The van der Waals surface area contributed by atoms with E-state index in [9.17, 15) is 0 Å². The smallest absolute Gasteiger partial charge is 0.158 e. The van der Waals surface area contributed by atoms with Gasteiger partial charge in [0.15, 0.2) is 5.82 Å². The van der Waals surface area contributed by atoms with Crippen molar-refractivity contribution in [2.24, 2.45) is 0 Å². The molecule has 1 atom stereocenters. The highest BCUT2D eigenvalue weighted by atomic mass is 32.1. The lowest BCUT2D eigenvalue weighted by atomic mass is 10.1. The molecule has 0 saturated carbocycles. The number of aromatic nitrogens is 2. The Hall–Kier alpha value is -2.06. The molecule has 1 aliphatic rings. The molecule has 0 radical (unpaired) electrons. The van der Waals surface area contributed by atoms with Crippen molar-refractivity contribution in [1.82, 2.24) is 14.9 Å². The van der Waals surface area contributed by atoms with Crippen molar-refractivity contribution in [2.75, 3.05) is 52.3 Å². The fourth-order valence-corrected chi connectivity index (χ4v) is 4.61. The van der Waals surface area contributed by atoms with Crippen molar-refractivity contribution < 1.29 is 9.47 Å². The first-order chi connectivity index (χ1) is 13.7. The van der Waals surface area contributed by atoms with Crippen LogP contribution in [0.5, 0.6) is 0 Å². The van der Waals surface area contributed by atoms with Crippen LogP contribution in [0.1, 0.15) is 5.82 Å². The molecule has 1 unspecified atom stereocenters. The number of thiophene rings is 1. The van der Waals surface area contributed by atoms with Gasteiger partial charge in [0.25, 0.3) is 0 Å². The van der Waals surface area contributed by atoms with Crippen LogP contribution in [0.25, 0.3) is 21.3 Å². The van der Waals surface area contributed by atoms with Crippen molar-refractivity contribution in [3.8, 4) is 11.1 Å². The van der Waals surface area contributed by atoms with E-state index >= 15 is 0 Å². The van der Waals surface area contributed by atoms with Crippen LogP contribution < -0.4 is 4.90 Å². The summed E-state index contributed by atoms with van der Waals surface area (Å²) in [6.07, 6.45) is 0.165. The average Bonchev–Trinajstić information content (AvgIpc) is 3.12. The molecule has 0 aliphatic carbocycles. The summed E-state index contributed by atoms with van der Waals surface area (Å²) in [4.78, 5) is 15.2. The quantitative estimate of drug-likeness (QED) is 0.635. The largest absolute Gasteiger partial charge is 0.377 e. The minimum Gasteiger partial charge on any atom is -0.377 e. The first-order valence-electron chi connectivity index (χ1n) is 9.49. The van der Waals surface area contributed by atoms with Gasteiger partial charge in [-0.2, -0.15) is 0 Å². The van der Waals surface area contributed by atoms with E-state index in [-0.39, 0.29) is 6.10 Å². The minimum atomic E-state index is 0.165. The normalized spacial score (nSPS) is 17.6. The predicted octanol–water partition coefficient (Wildman–Crippen LogP) is 3.27. The van der Waals surface area contributed by atoms with Crippen LogP contribution in [0, 0.1) is 0 Å². The number of morpholine rings is 1. The zero-order valence-electron chi connectivity index (χ0n) is 16.6. The summed E-state index contributed by atoms with van der Waals surface area (Å²) in [5, 5.41) is 3.31. The van der Waals surface area contributed by atoms with Crippen LogP contribution >= 0.6 is 11.3 Å². The van der Waals surface area contributed by atoms with E-state index in [2.05, 4.69) is 53.5 Å². The molecule has 2 aromatic heterocycles. The van der Waals surface area contributed by atoms with Gasteiger partial charge in [-0.15, -0.1) is 11.3 Å². The van der Waals surface area contributed by atoms with Crippen molar-refractivity contribution in [2.45, 2.75) is 12.7 Å². The van der Waals surface area contributed by atoms with Gasteiger partial charge in [-0.3, -0.25) is 0 Å². The highest BCUT2D eigenvalue weighted by molar-refractivity contribution is 7.17. The molecule has 0 amide bonds. The lowest BCUT2D eigenvalue weighted by molar-refractivity contribution is 0.0246. The minimum absolute atomic E-state index is 0.165. The molecule has 6 nitrogen and oxygen atoms in total. The van der Waals surface area contributed by atoms with E-state index < -0.39 is 0 Å². The summed E-state index contributed by atoms with van der Waals surface area (Å²) in [7, 11) is 5.83. The molecule has 0 bridgehead atoms. The maximum absolute atomic E-state index is 5.98. The summed E-state index contributed by atoms with van der Waals surface area (Å²) in [5.74, 6) is 1.71. The van der Waals surface area contributed by atoms with E-state index in [4.69, 9.17) is 19.4 Å². The van der Waals surface area contributed by atoms with Gasteiger partial charge >= 0.3 is 0 Å². The third-order valence-corrected chi connectivity index (χ3v) is 5.70. The molecule has 1 aliphatic heterocycles. The zero-order valence-corrected chi connectivity index (χ0v) is 17.4. The van der Waals surface area contributed by atoms with Gasteiger partial charge < -0.3 is 19.3 Å². The maximum Gasteiger partial charge on any atom is 0.158 e. The molecule has 1 aromatic carbocycles. The Balaban J connectivity index is 1.79. The van der Waals surface area contributed by atoms with Crippen LogP contribution in [-0.4, -0.2) is 68.4 Å². The third kappa shape index (κ3) is 4.03. The van der Waals surface area contributed by atoms with Gasteiger partial charge in [-0.25, -0.2) is 9.97 Å². The van der Waals surface area contributed by atoms with Gasteiger partial charge in [0.1, 0.15) is 17.3 Å². The Morgan fingerprint density at radius 1 is 1.25 bits per heavy atom. The summed E-state index contributed by atoms with van der Waals surface area (Å²) in [6.45, 7) is 3.65. The van der Waals surface area contributed by atoms with Crippen molar-refractivity contribution >= 4 is 27.4 Å². The van der Waals surface area contributed by atoms with Crippen molar-refractivity contribution in [1.29, 1.82) is 0 Å². The number of hydrogen-bond donors (Lipinski definition) is 0. The number of methoxy groups -OCH3 is 1. The molecule has 4 rings (SSSR count). The van der Waals surface area contributed by atoms with Crippen LogP contribution in [0.4, 0.5) is 5.82 Å². The van der Waals surface area contributed by atoms with Crippen LogP contribution in [0.15, 0.2) is 35.7 Å². The first kappa shape index (κ1) is 19.3. The van der Waals surface area contributed by atoms with Gasteiger partial charge in [-0.05, 0) is 19.7 Å². The van der Waals surface area contributed by atoms with Gasteiger partial charge in [0.05, 0.1) is 18.1 Å². The van der Waals surface area contributed by atoms with E-state index in [1.54, 1.807) is 18.4 Å². The maximum atomic E-state index is 5.98. The van der Waals surface area contributed by atoms with E-state index in [1.807, 2.05) is 6.07 Å². The molecule has 1 saturated heterocycles. The van der Waals surface area contributed by atoms with E-state index in [1.165, 1.54) is 11.1 Å². The second-order valence-corrected chi connectivity index (χ2v) is 8.15. The average molecular weight is 399 g/mol. The number of benzene rings is 1. The number of anilines is 1. The number of rotatable bonds is 6. The highest BCUT2D eigenvalue weighted by Crippen LogP contribution is 2.38. The molecule has 3 heterocycles. The molecule has 148 valence electrons. The summed E-state index contributed by atoms with van der Waals surface area (Å²) in [5.41, 5.74) is 2.38. The molecule has 1 fully saturated rings. The second kappa shape index (κ2) is 8.53. The molecule has 3 aromatic rings. The molecule has 28 heavy (non-hydrogen) atoms. The van der Waals surface area contributed by atoms with Crippen LogP contribution in [0.2, 0.25) is 0 Å². The lowest BCUT2D eigenvalue weighted by Gasteiger charge is -2.35. The van der Waals surface area contributed by atoms with Crippen molar-refractivity contribution in [3.05, 3.63) is 41.5 Å². The third-order valence-electron chi connectivity index (χ3n) is 4.83. The predicted molar refractivity (Wildman–Crippen MR) is 114 cm³/mol. The number of nitrogens with zero attached hydrogens (tertiary/aromatic N) is 4. The highest BCUT2D eigenvalue weighted by Gasteiger charge is 2.26. The molecular formula is C21H26N4O2S. The topological polar surface area (TPSA) is 50.7 Å². The zero-order chi connectivity index (χ0) is 19.5. The Morgan fingerprint density at radius 3 is 2.82 bits per heavy atom. The standard InChI is InChI=1S/C21H26N4O2S/c1-24(2)11-16-12-25(9-10-27-16)20-19-17(15-7-5-4-6-8-15)14-28-21(19)23-18(22-20)13-26-3/h4-8,14,16H,9-13H2,1-3H3. The molecule has 0 N–H and O–H groups in total. The fourth-order valence-electron chi connectivity index (χ4n) is 3.65. The monoisotopic (exact) mass is 398 g/mol. The van der Waals surface area contributed by atoms with Gasteiger partial charge in [0, 0.05) is 37.7 Å². The van der Waals surface area contributed by atoms with Crippen molar-refractivity contribution in [3.63, 3.8) is 0 Å². The van der Waals surface area contributed by atoms with E-state index in [0.29, 0.717) is 13.2 Å². The Morgan fingerprint density at radius 2 is 2.07 bits per heavy atom. The van der Waals surface area contributed by atoms with Crippen LogP contribution in [0.3, 0.4) is 0 Å². The summed E-state index contributed by atoms with van der Waals surface area (Å²) in [6, 6.07) is 10.5. The molecular weight excluding hydrogens is 372 g/mol. The van der Waals surface area contributed by atoms with Gasteiger partial charge in [-0.1, -0.05) is 30.3 Å². The summed E-state index contributed by atoms with van der Waals surface area (Å²) < 4.78 is 11.3. The van der Waals surface area contributed by atoms with Gasteiger partial charge in [0.2, 0.25) is 0 Å². The number of ether oxygens (including phenoxy) is 2.